The lowest BCUT2D eigenvalue weighted by Crippen LogP contribution is -2.20. The molecule has 0 unspecified atom stereocenters. The summed E-state index contributed by atoms with van der Waals surface area (Å²) < 4.78 is 81.7. The van der Waals surface area contributed by atoms with Gasteiger partial charge in [0.15, 0.2) is 23.2 Å². The second-order valence-electron chi connectivity index (χ2n) is 3.81. The predicted molar refractivity (Wildman–Crippen MR) is 56.9 cm³/mol. The van der Waals surface area contributed by atoms with E-state index in [0.717, 1.165) is 0 Å². The van der Waals surface area contributed by atoms with Crippen LogP contribution in [0.3, 0.4) is 0 Å². The number of carbonyl (C=O) groups excluding carboxylic acids is 2. The SMILES string of the molecule is CCOC(=O)CC(=O)c1c(C(F)(F)F)cc(F)c(F)c1F. The van der Waals surface area contributed by atoms with Crippen LogP contribution in [0.2, 0.25) is 0 Å². The van der Waals surface area contributed by atoms with E-state index in [1.165, 1.54) is 6.92 Å². The Hall–Kier alpha value is -2.06. The Morgan fingerprint density at radius 1 is 1.14 bits per heavy atom. The van der Waals surface area contributed by atoms with Gasteiger partial charge in [0.2, 0.25) is 0 Å². The van der Waals surface area contributed by atoms with E-state index in [-0.39, 0.29) is 12.7 Å². The maximum atomic E-state index is 13.5. The molecule has 0 bridgehead atoms. The van der Waals surface area contributed by atoms with Gasteiger partial charge in [-0.05, 0) is 13.0 Å². The van der Waals surface area contributed by atoms with E-state index >= 15 is 0 Å². The van der Waals surface area contributed by atoms with Crippen molar-refractivity contribution in [2.45, 2.75) is 19.5 Å². The summed E-state index contributed by atoms with van der Waals surface area (Å²) in [7, 11) is 0. The first-order valence-corrected chi connectivity index (χ1v) is 5.53. The summed E-state index contributed by atoms with van der Waals surface area (Å²) >= 11 is 0. The maximum Gasteiger partial charge on any atom is 0.417 e. The van der Waals surface area contributed by atoms with Crippen molar-refractivity contribution in [3.05, 3.63) is 34.6 Å². The van der Waals surface area contributed by atoms with E-state index in [2.05, 4.69) is 4.74 Å². The average molecular weight is 314 g/mol. The van der Waals surface area contributed by atoms with Crippen molar-refractivity contribution in [1.82, 2.24) is 0 Å². The third kappa shape index (κ3) is 3.73. The van der Waals surface area contributed by atoms with Gasteiger partial charge < -0.3 is 4.74 Å². The fraction of sp³-hybridized carbons (Fsp3) is 0.333. The summed E-state index contributed by atoms with van der Waals surface area (Å²) in [5.41, 5.74) is -3.72. The van der Waals surface area contributed by atoms with Crippen LogP contribution in [0.4, 0.5) is 26.3 Å². The zero-order valence-electron chi connectivity index (χ0n) is 10.5. The molecule has 1 aromatic rings. The van der Waals surface area contributed by atoms with Crippen molar-refractivity contribution >= 4 is 11.8 Å². The van der Waals surface area contributed by atoms with Crippen molar-refractivity contribution in [1.29, 1.82) is 0 Å². The Morgan fingerprint density at radius 3 is 2.19 bits per heavy atom. The molecule has 0 saturated heterocycles. The van der Waals surface area contributed by atoms with Gasteiger partial charge in [-0.2, -0.15) is 13.2 Å². The molecule has 0 aliphatic carbocycles. The van der Waals surface area contributed by atoms with Gasteiger partial charge in [0.05, 0.1) is 17.7 Å². The summed E-state index contributed by atoms with van der Waals surface area (Å²) in [5, 5.41) is 0. The van der Waals surface area contributed by atoms with Gasteiger partial charge in [0.1, 0.15) is 6.42 Å². The first-order valence-electron chi connectivity index (χ1n) is 5.53. The molecule has 0 N–H and O–H groups in total. The molecule has 0 fully saturated rings. The molecule has 116 valence electrons. The molecule has 0 heterocycles. The largest absolute Gasteiger partial charge is 0.466 e. The van der Waals surface area contributed by atoms with E-state index in [0.29, 0.717) is 0 Å². The monoisotopic (exact) mass is 314 g/mol. The Labute approximate surface area is 114 Å². The van der Waals surface area contributed by atoms with Gasteiger partial charge in [-0.1, -0.05) is 0 Å². The lowest BCUT2D eigenvalue weighted by atomic mass is 9.99. The number of benzene rings is 1. The molecule has 3 nitrogen and oxygen atoms in total. The highest BCUT2D eigenvalue weighted by Crippen LogP contribution is 2.35. The fourth-order valence-electron chi connectivity index (χ4n) is 1.52. The number of Topliss-reactive ketones (excluding diaryl/α,β-unsaturated/α-hetero) is 1. The number of ether oxygens (including phenoxy) is 1. The molecule has 21 heavy (non-hydrogen) atoms. The van der Waals surface area contributed by atoms with Crippen LogP contribution in [0.5, 0.6) is 0 Å². The van der Waals surface area contributed by atoms with E-state index in [1.54, 1.807) is 0 Å². The number of esters is 1. The van der Waals surface area contributed by atoms with Gasteiger partial charge in [-0.3, -0.25) is 9.59 Å². The molecular formula is C12H8F6O3. The maximum absolute atomic E-state index is 13.5. The standard InChI is InChI=1S/C12H8F6O3/c1-2-21-8(20)4-7(19)9-5(12(16,17)18)3-6(13)10(14)11(9)15/h3H,2,4H2,1H3. The molecule has 1 rings (SSSR count). The van der Waals surface area contributed by atoms with Gasteiger partial charge in [-0.25, -0.2) is 13.2 Å². The highest BCUT2D eigenvalue weighted by molar-refractivity contribution is 6.07. The molecule has 0 aliphatic heterocycles. The summed E-state index contributed by atoms with van der Waals surface area (Å²) in [6.45, 7) is 1.22. The first-order chi connectivity index (χ1) is 9.59. The number of alkyl halides is 3. The number of halogens is 6. The molecule has 0 saturated carbocycles. The minimum absolute atomic E-state index is 0.154. The highest BCUT2D eigenvalue weighted by atomic mass is 19.4. The van der Waals surface area contributed by atoms with E-state index in [4.69, 9.17) is 0 Å². The third-order valence-electron chi connectivity index (χ3n) is 2.36. The lowest BCUT2D eigenvalue weighted by molar-refractivity contribution is -0.142. The van der Waals surface area contributed by atoms with Crippen LogP contribution in [0, 0.1) is 17.5 Å². The smallest absolute Gasteiger partial charge is 0.417 e. The second kappa shape index (κ2) is 6.15. The van der Waals surface area contributed by atoms with Crippen LogP contribution < -0.4 is 0 Å². The minimum Gasteiger partial charge on any atom is -0.466 e. The van der Waals surface area contributed by atoms with Crippen molar-refractivity contribution in [3.63, 3.8) is 0 Å². The second-order valence-corrected chi connectivity index (χ2v) is 3.81. The summed E-state index contributed by atoms with van der Waals surface area (Å²) in [6.07, 6.45) is -6.52. The quantitative estimate of drug-likeness (QED) is 0.282. The highest BCUT2D eigenvalue weighted by Gasteiger charge is 2.39. The van der Waals surface area contributed by atoms with Crippen LogP contribution in [0.15, 0.2) is 6.07 Å². The van der Waals surface area contributed by atoms with Crippen LogP contribution in [0.25, 0.3) is 0 Å². The van der Waals surface area contributed by atoms with Crippen LogP contribution in [0.1, 0.15) is 29.3 Å². The number of ketones is 1. The van der Waals surface area contributed by atoms with Gasteiger partial charge in [0.25, 0.3) is 0 Å². The zero-order chi connectivity index (χ0) is 16.4. The number of carbonyl (C=O) groups is 2. The van der Waals surface area contributed by atoms with Gasteiger partial charge in [0, 0.05) is 0 Å². The molecule has 9 heteroatoms. The Kier molecular flexibility index (Phi) is 4.97. The molecule has 1 aromatic carbocycles. The van der Waals surface area contributed by atoms with E-state index < -0.39 is 52.9 Å². The van der Waals surface area contributed by atoms with Crippen molar-refractivity contribution < 1.29 is 40.7 Å². The molecule has 0 aromatic heterocycles. The lowest BCUT2D eigenvalue weighted by Gasteiger charge is -2.13. The first kappa shape index (κ1) is 17.0. The Morgan fingerprint density at radius 2 is 1.71 bits per heavy atom. The van der Waals surface area contributed by atoms with E-state index in [9.17, 15) is 35.9 Å². The van der Waals surface area contributed by atoms with Gasteiger partial charge in [-0.15, -0.1) is 0 Å². The zero-order valence-corrected chi connectivity index (χ0v) is 10.5. The van der Waals surface area contributed by atoms with Crippen LogP contribution in [-0.2, 0) is 15.7 Å². The summed E-state index contributed by atoms with van der Waals surface area (Å²) in [6, 6.07) is -0.337. The third-order valence-corrected chi connectivity index (χ3v) is 2.36. The van der Waals surface area contributed by atoms with Crippen molar-refractivity contribution in [2.24, 2.45) is 0 Å². The number of hydrogen-bond donors (Lipinski definition) is 0. The number of rotatable bonds is 4. The molecule has 0 spiro atoms. The Balaban J connectivity index is 3.36. The van der Waals surface area contributed by atoms with E-state index in [1.807, 2.05) is 0 Å². The summed E-state index contributed by atoms with van der Waals surface area (Å²) in [4.78, 5) is 22.6. The number of hydrogen-bond acceptors (Lipinski definition) is 3. The predicted octanol–water partition coefficient (Wildman–Crippen LogP) is 3.26. The van der Waals surface area contributed by atoms with Crippen LogP contribution >= 0.6 is 0 Å². The molecule has 0 aliphatic rings. The van der Waals surface area contributed by atoms with Crippen molar-refractivity contribution in [3.8, 4) is 0 Å². The average Bonchev–Trinajstić information content (AvgIpc) is 2.34. The molecule has 0 amide bonds. The van der Waals surface area contributed by atoms with Gasteiger partial charge >= 0.3 is 12.1 Å². The summed E-state index contributed by atoms with van der Waals surface area (Å²) in [5.74, 6) is -9.48. The fourth-order valence-corrected chi connectivity index (χ4v) is 1.52. The van der Waals surface area contributed by atoms with Crippen LogP contribution in [-0.4, -0.2) is 18.4 Å². The van der Waals surface area contributed by atoms with Crippen molar-refractivity contribution in [2.75, 3.05) is 6.61 Å². The molecule has 0 radical (unpaired) electrons. The normalized spacial score (nSPS) is 11.4. The molecular weight excluding hydrogens is 306 g/mol. The molecule has 0 atom stereocenters. The minimum atomic E-state index is -5.30. The Bertz CT molecular complexity index is 579. The topological polar surface area (TPSA) is 43.4 Å².